The molecule has 4 heteroatoms. The average Bonchev–Trinajstić information content (AvgIpc) is 2.39. The molecule has 0 aromatic heterocycles. The molecule has 0 aliphatic rings. The summed E-state index contributed by atoms with van der Waals surface area (Å²) in [6, 6.07) is 6.41. The van der Waals surface area contributed by atoms with Gasteiger partial charge in [0.25, 0.3) is 0 Å². The van der Waals surface area contributed by atoms with Gasteiger partial charge in [0.15, 0.2) is 0 Å². The highest BCUT2D eigenvalue weighted by atomic mass is 16.5. The predicted octanol–water partition coefficient (Wildman–Crippen LogP) is 2.28. The van der Waals surface area contributed by atoms with Crippen LogP contribution in [0.4, 0.5) is 0 Å². The molecule has 1 aromatic rings. The molecule has 0 saturated heterocycles. The van der Waals surface area contributed by atoms with E-state index in [1.807, 2.05) is 0 Å². The Kier molecular flexibility index (Phi) is 6.22. The predicted molar refractivity (Wildman–Crippen MR) is 70.8 cm³/mol. The van der Waals surface area contributed by atoms with Crippen molar-refractivity contribution in [3.63, 3.8) is 0 Å². The fourth-order valence-electron chi connectivity index (χ4n) is 1.72. The molecule has 0 amide bonds. The molecule has 100 valence electrons. The van der Waals surface area contributed by atoms with Crippen LogP contribution >= 0.6 is 0 Å². The Morgan fingerprint density at radius 1 is 1.28 bits per heavy atom. The third kappa shape index (κ3) is 4.37. The van der Waals surface area contributed by atoms with Crippen LogP contribution in [0.1, 0.15) is 30.6 Å². The fraction of sp³-hybridized carbons (Fsp3) is 0.500. The Labute approximate surface area is 108 Å². The highest BCUT2D eigenvalue weighted by Gasteiger charge is 2.11. The zero-order valence-corrected chi connectivity index (χ0v) is 11.1. The molecule has 0 heterocycles. The van der Waals surface area contributed by atoms with Crippen LogP contribution in [0.3, 0.4) is 0 Å². The van der Waals surface area contributed by atoms with Gasteiger partial charge in [-0.05, 0) is 31.6 Å². The van der Waals surface area contributed by atoms with Gasteiger partial charge in [-0.15, -0.1) is 0 Å². The summed E-state index contributed by atoms with van der Waals surface area (Å²) in [4.78, 5) is 13.9. The minimum absolute atomic E-state index is 0.0359. The van der Waals surface area contributed by atoms with Crippen LogP contribution in [-0.2, 0) is 4.74 Å². The van der Waals surface area contributed by atoms with Crippen LogP contribution in [0.5, 0.6) is 5.75 Å². The van der Waals surface area contributed by atoms with E-state index in [0.717, 1.165) is 26.1 Å². The molecule has 0 aliphatic heterocycles. The van der Waals surface area contributed by atoms with E-state index in [-0.39, 0.29) is 11.3 Å². The smallest absolute Gasteiger partial charge is 0.341 e. The van der Waals surface area contributed by atoms with E-state index >= 15 is 0 Å². The van der Waals surface area contributed by atoms with Gasteiger partial charge in [-0.2, -0.15) is 0 Å². The molecule has 4 nitrogen and oxygen atoms in total. The fourth-order valence-corrected chi connectivity index (χ4v) is 1.72. The third-order valence-corrected chi connectivity index (χ3v) is 2.87. The number of nitrogens with zero attached hydrogens (tertiary/aromatic N) is 1. The van der Waals surface area contributed by atoms with Gasteiger partial charge < -0.3 is 14.7 Å². The lowest BCUT2D eigenvalue weighted by Crippen LogP contribution is -2.25. The van der Waals surface area contributed by atoms with Gasteiger partial charge in [-0.25, -0.2) is 4.79 Å². The third-order valence-electron chi connectivity index (χ3n) is 2.87. The summed E-state index contributed by atoms with van der Waals surface area (Å²) in [5.41, 5.74) is 0.223. The van der Waals surface area contributed by atoms with Crippen molar-refractivity contribution in [3.8, 4) is 5.75 Å². The van der Waals surface area contributed by atoms with Gasteiger partial charge in [-0.1, -0.05) is 26.0 Å². The minimum atomic E-state index is -0.465. The molecule has 0 radical (unpaired) electrons. The van der Waals surface area contributed by atoms with Gasteiger partial charge >= 0.3 is 5.97 Å². The first kappa shape index (κ1) is 14.5. The number of benzene rings is 1. The molecular weight excluding hydrogens is 230 g/mol. The molecule has 1 rings (SSSR count). The zero-order valence-electron chi connectivity index (χ0n) is 11.1. The lowest BCUT2D eigenvalue weighted by atomic mass is 10.2. The van der Waals surface area contributed by atoms with E-state index in [4.69, 9.17) is 4.74 Å². The summed E-state index contributed by atoms with van der Waals surface area (Å²) in [6.45, 7) is 7.52. The molecule has 0 spiro atoms. The maximum absolute atomic E-state index is 11.7. The summed E-state index contributed by atoms with van der Waals surface area (Å²) in [7, 11) is 0. The number of ether oxygens (including phenoxy) is 1. The standard InChI is InChI=1S/C14H21NO3/c1-3-15(4-2)10-7-11-18-14(17)12-8-5-6-9-13(12)16/h5-6,8-9,16H,3-4,7,10-11H2,1-2H3. The Balaban J connectivity index is 2.32. The van der Waals surface area contributed by atoms with Gasteiger partial charge in [0.1, 0.15) is 11.3 Å². The lowest BCUT2D eigenvalue weighted by molar-refractivity contribution is 0.0486. The van der Waals surface area contributed by atoms with Crippen molar-refractivity contribution in [2.24, 2.45) is 0 Å². The quantitative estimate of drug-likeness (QED) is 0.596. The maximum atomic E-state index is 11.7. The first-order chi connectivity index (χ1) is 8.69. The molecule has 18 heavy (non-hydrogen) atoms. The van der Waals surface area contributed by atoms with Crippen molar-refractivity contribution in [1.29, 1.82) is 0 Å². The normalized spacial score (nSPS) is 10.6. The monoisotopic (exact) mass is 251 g/mol. The number of hydrogen-bond donors (Lipinski definition) is 1. The van der Waals surface area contributed by atoms with E-state index in [9.17, 15) is 9.90 Å². The molecule has 0 bridgehead atoms. The Morgan fingerprint density at radius 3 is 2.56 bits per heavy atom. The van der Waals surface area contributed by atoms with E-state index in [1.54, 1.807) is 18.2 Å². The number of rotatable bonds is 7. The largest absolute Gasteiger partial charge is 0.507 e. The second-order valence-corrected chi connectivity index (χ2v) is 4.03. The Bertz CT molecular complexity index is 375. The van der Waals surface area contributed by atoms with Crippen LogP contribution < -0.4 is 0 Å². The average molecular weight is 251 g/mol. The molecule has 0 atom stereocenters. The Morgan fingerprint density at radius 2 is 1.94 bits per heavy atom. The van der Waals surface area contributed by atoms with Crippen LogP contribution in [0.25, 0.3) is 0 Å². The second kappa shape index (κ2) is 7.71. The number of carbonyl (C=O) groups excluding carboxylic acids is 1. The zero-order chi connectivity index (χ0) is 13.4. The first-order valence-electron chi connectivity index (χ1n) is 6.36. The molecule has 0 aliphatic carbocycles. The number of esters is 1. The maximum Gasteiger partial charge on any atom is 0.341 e. The number of phenolic OH excluding ortho intramolecular Hbond substituents is 1. The van der Waals surface area contributed by atoms with E-state index < -0.39 is 5.97 Å². The number of phenols is 1. The molecule has 0 unspecified atom stereocenters. The van der Waals surface area contributed by atoms with Crippen LogP contribution in [0.2, 0.25) is 0 Å². The Hall–Kier alpha value is -1.55. The summed E-state index contributed by atoms with van der Waals surface area (Å²) < 4.78 is 5.12. The van der Waals surface area contributed by atoms with Gasteiger partial charge in [0, 0.05) is 6.54 Å². The summed E-state index contributed by atoms with van der Waals surface area (Å²) in [5.74, 6) is -0.501. The molecule has 0 saturated carbocycles. The summed E-state index contributed by atoms with van der Waals surface area (Å²) in [6.07, 6.45) is 0.807. The van der Waals surface area contributed by atoms with Crippen molar-refractivity contribution in [1.82, 2.24) is 4.90 Å². The summed E-state index contributed by atoms with van der Waals surface area (Å²) >= 11 is 0. The van der Waals surface area contributed by atoms with Crippen molar-refractivity contribution in [2.45, 2.75) is 20.3 Å². The van der Waals surface area contributed by atoms with E-state index in [1.165, 1.54) is 6.07 Å². The minimum Gasteiger partial charge on any atom is -0.507 e. The number of carbonyl (C=O) groups is 1. The molecule has 1 N–H and O–H groups in total. The van der Waals surface area contributed by atoms with E-state index in [2.05, 4.69) is 18.7 Å². The van der Waals surface area contributed by atoms with Crippen molar-refractivity contribution in [3.05, 3.63) is 29.8 Å². The van der Waals surface area contributed by atoms with Crippen LogP contribution in [0.15, 0.2) is 24.3 Å². The first-order valence-corrected chi connectivity index (χ1v) is 6.36. The highest BCUT2D eigenvalue weighted by Crippen LogP contribution is 2.16. The van der Waals surface area contributed by atoms with Crippen molar-refractivity contribution in [2.75, 3.05) is 26.2 Å². The number of aromatic hydroxyl groups is 1. The van der Waals surface area contributed by atoms with Crippen LogP contribution in [-0.4, -0.2) is 42.2 Å². The SMILES string of the molecule is CCN(CC)CCCOC(=O)c1ccccc1O. The highest BCUT2D eigenvalue weighted by molar-refractivity contribution is 5.92. The number of hydrogen-bond acceptors (Lipinski definition) is 4. The van der Waals surface area contributed by atoms with Gasteiger partial charge in [0.05, 0.1) is 6.61 Å². The van der Waals surface area contributed by atoms with Crippen molar-refractivity contribution >= 4 is 5.97 Å². The second-order valence-electron chi connectivity index (χ2n) is 4.03. The molecular formula is C14H21NO3. The van der Waals surface area contributed by atoms with Gasteiger partial charge in [-0.3, -0.25) is 0 Å². The molecule has 0 fully saturated rings. The van der Waals surface area contributed by atoms with Crippen LogP contribution in [0, 0.1) is 0 Å². The lowest BCUT2D eigenvalue weighted by Gasteiger charge is -2.17. The summed E-state index contributed by atoms with van der Waals surface area (Å²) in [5, 5.41) is 9.49. The van der Waals surface area contributed by atoms with Gasteiger partial charge in [0.2, 0.25) is 0 Å². The number of para-hydroxylation sites is 1. The van der Waals surface area contributed by atoms with E-state index in [0.29, 0.717) is 6.61 Å². The van der Waals surface area contributed by atoms with Crippen molar-refractivity contribution < 1.29 is 14.6 Å². The molecule has 1 aromatic carbocycles. The topological polar surface area (TPSA) is 49.8 Å².